The highest BCUT2D eigenvalue weighted by Gasteiger charge is 2.48. The van der Waals surface area contributed by atoms with Gasteiger partial charge in [0.25, 0.3) is 0 Å². The molecule has 0 aromatic heterocycles. The number of amides is 1. The summed E-state index contributed by atoms with van der Waals surface area (Å²) in [6, 6.07) is 26.4. The Morgan fingerprint density at radius 1 is 0.871 bits per heavy atom. The maximum Gasteiger partial charge on any atom is 0.233 e. The number of rotatable bonds is 9. The number of hydrogen-bond acceptors (Lipinski definition) is 3. The number of β-lactam (4-membered cyclic amide) rings is 1. The molecule has 0 unspecified atom stereocenters. The molecule has 1 aliphatic rings. The first-order valence-electron chi connectivity index (χ1n) is 10.9. The molecule has 31 heavy (non-hydrogen) atoms. The molecule has 0 saturated carbocycles. The quantitative estimate of drug-likeness (QED) is 0.413. The van der Waals surface area contributed by atoms with Crippen LogP contribution < -0.4 is 14.4 Å². The van der Waals surface area contributed by atoms with E-state index in [1.807, 2.05) is 54.3 Å². The molecule has 0 bridgehead atoms. The lowest BCUT2D eigenvalue weighted by Gasteiger charge is -2.47. The Morgan fingerprint density at radius 3 is 2.19 bits per heavy atom. The highest BCUT2D eigenvalue weighted by Crippen LogP contribution is 2.46. The number of nitrogens with zero attached hydrogens (tertiary/aromatic N) is 1. The van der Waals surface area contributed by atoms with E-state index in [-0.39, 0.29) is 17.9 Å². The average Bonchev–Trinajstić information content (AvgIpc) is 2.82. The normalized spacial score (nSPS) is 17.9. The van der Waals surface area contributed by atoms with Crippen molar-refractivity contribution in [3.8, 4) is 11.5 Å². The summed E-state index contributed by atoms with van der Waals surface area (Å²) in [5.74, 6) is 1.82. The number of benzene rings is 3. The molecule has 0 radical (unpaired) electrons. The molecule has 4 rings (SSSR count). The predicted molar refractivity (Wildman–Crippen MR) is 124 cm³/mol. The molecule has 4 nitrogen and oxygen atoms in total. The number of ether oxygens (including phenoxy) is 2. The van der Waals surface area contributed by atoms with E-state index in [0.717, 1.165) is 42.0 Å². The predicted octanol–water partition coefficient (Wildman–Crippen LogP) is 5.82. The zero-order valence-corrected chi connectivity index (χ0v) is 18.2. The first kappa shape index (κ1) is 21.0. The Labute approximate surface area is 184 Å². The molecule has 1 aliphatic heterocycles. The van der Waals surface area contributed by atoms with E-state index in [1.165, 1.54) is 5.56 Å². The molecule has 1 saturated heterocycles. The van der Waals surface area contributed by atoms with E-state index in [0.29, 0.717) is 6.61 Å². The van der Waals surface area contributed by atoms with Crippen LogP contribution in [0.5, 0.6) is 11.5 Å². The number of carbonyl (C=O) groups is 1. The molecule has 0 N–H and O–H groups in total. The van der Waals surface area contributed by atoms with Gasteiger partial charge in [-0.15, -0.1) is 0 Å². The largest absolute Gasteiger partial charge is 0.497 e. The van der Waals surface area contributed by atoms with Crippen molar-refractivity contribution in [2.45, 2.75) is 32.2 Å². The van der Waals surface area contributed by atoms with Crippen LogP contribution in [0.3, 0.4) is 0 Å². The fourth-order valence-corrected chi connectivity index (χ4v) is 4.34. The highest BCUT2D eigenvalue weighted by molar-refractivity contribution is 6.03. The molecule has 1 fully saturated rings. The number of anilines is 1. The summed E-state index contributed by atoms with van der Waals surface area (Å²) in [5, 5.41) is 0. The van der Waals surface area contributed by atoms with Crippen LogP contribution in [0.1, 0.15) is 36.9 Å². The fourth-order valence-electron chi connectivity index (χ4n) is 4.34. The number of aryl methyl sites for hydroxylation is 1. The van der Waals surface area contributed by atoms with Crippen LogP contribution >= 0.6 is 0 Å². The van der Waals surface area contributed by atoms with Crippen molar-refractivity contribution in [3.05, 3.63) is 90.0 Å². The summed E-state index contributed by atoms with van der Waals surface area (Å²) in [6.45, 7) is 2.59. The minimum atomic E-state index is -0.0105. The van der Waals surface area contributed by atoms with Gasteiger partial charge in [-0.2, -0.15) is 0 Å². The van der Waals surface area contributed by atoms with Crippen molar-refractivity contribution in [3.63, 3.8) is 0 Å². The van der Waals surface area contributed by atoms with Crippen LogP contribution in [0.4, 0.5) is 5.69 Å². The van der Waals surface area contributed by atoms with Crippen molar-refractivity contribution in [2.75, 3.05) is 18.6 Å². The third-order valence-corrected chi connectivity index (χ3v) is 5.92. The molecule has 0 aliphatic carbocycles. The second kappa shape index (κ2) is 9.69. The lowest BCUT2D eigenvalue weighted by atomic mass is 9.78. The van der Waals surface area contributed by atoms with Gasteiger partial charge in [-0.1, -0.05) is 42.5 Å². The second-order valence-corrected chi connectivity index (χ2v) is 7.84. The monoisotopic (exact) mass is 415 g/mol. The van der Waals surface area contributed by atoms with Crippen molar-refractivity contribution >= 4 is 11.6 Å². The molecule has 3 aromatic rings. The fraction of sp³-hybridized carbons (Fsp3) is 0.296. The minimum Gasteiger partial charge on any atom is -0.497 e. The Bertz CT molecular complexity index is 983. The summed E-state index contributed by atoms with van der Waals surface area (Å²) in [5.41, 5.74) is 3.37. The van der Waals surface area contributed by atoms with Crippen molar-refractivity contribution < 1.29 is 14.3 Å². The smallest absolute Gasteiger partial charge is 0.233 e. The molecule has 4 heteroatoms. The Morgan fingerprint density at radius 2 is 1.55 bits per heavy atom. The van der Waals surface area contributed by atoms with Crippen molar-refractivity contribution in [2.24, 2.45) is 5.92 Å². The molecule has 2 atom stereocenters. The maximum absolute atomic E-state index is 13.2. The van der Waals surface area contributed by atoms with Crippen LogP contribution in [0.25, 0.3) is 0 Å². The lowest BCUT2D eigenvalue weighted by Crippen LogP contribution is -2.55. The van der Waals surface area contributed by atoms with Gasteiger partial charge in [0.2, 0.25) is 5.91 Å². The van der Waals surface area contributed by atoms with Crippen LogP contribution in [0, 0.1) is 5.92 Å². The Hall–Kier alpha value is -3.27. The number of methoxy groups -OCH3 is 1. The minimum absolute atomic E-state index is 0.0105. The van der Waals surface area contributed by atoms with Crippen molar-refractivity contribution in [1.82, 2.24) is 0 Å². The van der Waals surface area contributed by atoms with Gasteiger partial charge in [-0.25, -0.2) is 0 Å². The van der Waals surface area contributed by atoms with Crippen LogP contribution in [0.2, 0.25) is 0 Å². The lowest BCUT2D eigenvalue weighted by molar-refractivity contribution is -0.130. The van der Waals surface area contributed by atoms with Gasteiger partial charge in [-0.3, -0.25) is 4.79 Å². The topological polar surface area (TPSA) is 38.8 Å². The zero-order valence-electron chi connectivity index (χ0n) is 18.2. The van der Waals surface area contributed by atoms with Crippen LogP contribution in [0.15, 0.2) is 78.9 Å². The van der Waals surface area contributed by atoms with Gasteiger partial charge in [0.15, 0.2) is 0 Å². The molecule has 1 heterocycles. The van der Waals surface area contributed by atoms with E-state index >= 15 is 0 Å². The molecule has 160 valence electrons. The van der Waals surface area contributed by atoms with Crippen molar-refractivity contribution in [1.29, 1.82) is 0 Å². The van der Waals surface area contributed by atoms with Crippen LogP contribution in [-0.4, -0.2) is 19.6 Å². The second-order valence-electron chi connectivity index (χ2n) is 7.84. The van der Waals surface area contributed by atoms with E-state index < -0.39 is 0 Å². The van der Waals surface area contributed by atoms with E-state index in [1.54, 1.807) is 7.11 Å². The third-order valence-electron chi connectivity index (χ3n) is 5.92. The first-order chi connectivity index (χ1) is 15.2. The van der Waals surface area contributed by atoms with Crippen LogP contribution in [-0.2, 0) is 11.2 Å². The number of hydrogen-bond donors (Lipinski definition) is 0. The SMILES string of the molecule is CCOc1ccc(N2C(=O)[C@@H](CCCc3ccccc3)[C@@H]2c2ccc(OC)cc2)cc1. The summed E-state index contributed by atoms with van der Waals surface area (Å²) < 4.78 is 10.9. The first-order valence-corrected chi connectivity index (χ1v) is 10.9. The molecule has 0 spiro atoms. The van der Waals surface area contributed by atoms with Gasteiger partial charge < -0.3 is 14.4 Å². The van der Waals surface area contributed by atoms with E-state index in [2.05, 4.69) is 36.4 Å². The Kier molecular flexibility index (Phi) is 6.56. The molecule has 3 aromatic carbocycles. The average molecular weight is 416 g/mol. The standard InChI is InChI=1S/C27H29NO3/c1-3-31-24-18-14-22(15-19-24)28-26(21-12-16-23(30-2)17-13-21)25(27(28)29)11-7-10-20-8-5-4-6-9-20/h4-6,8-9,12-19,25-26H,3,7,10-11H2,1-2H3/t25-,26-/m0/s1. The van der Waals surface area contributed by atoms with Gasteiger partial charge in [0, 0.05) is 5.69 Å². The third kappa shape index (κ3) is 4.58. The van der Waals surface area contributed by atoms with Gasteiger partial charge in [0.1, 0.15) is 11.5 Å². The molecule has 1 amide bonds. The van der Waals surface area contributed by atoms with Gasteiger partial charge >= 0.3 is 0 Å². The highest BCUT2D eigenvalue weighted by atomic mass is 16.5. The number of carbonyl (C=O) groups excluding carboxylic acids is 1. The van der Waals surface area contributed by atoms with Gasteiger partial charge in [0.05, 0.1) is 25.7 Å². The van der Waals surface area contributed by atoms with Gasteiger partial charge in [-0.05, 0) is 73.7 Å². The zero-order chi connectivity index (χ0) is 21.6. The Balaban J connectivity index is 1.53. The maximum atomic E-state index is 13.2. The summed E-state index contributed by atoms with van der Waals surface area (Å²) in [6.07, 6.45) is 2.85. The molecular weight excluding hydrogens is 386 g/mol. The summed E-state index contributed by atoms with van der Waals surface area (Å²) in [4.78, 5) is 15.1. The van der Waals surface area contributed by atoms with E-state index in [4.69, 9.17) is 9.47 Å². The molecular formula is C27H29NO3. The summed E-state index contributed by atoms with van der Waals surface area (Å²) >= 11 is 0. The van der Waals surface area contributed by atoms with E-state index in [9.17, 15) is 4.79 Å². The summed E-state index contributed by atoms with van der Waals surface area (Å²) in [7, 11) is 1.67.